The van der Waals surface area contributed by atoms with E-state index in [0.717, 1.165) is 17.5 Å². The molecule has 21 heavy (non-hydrogen) atoms. The molecule has 0 radical (unpaired) electrons. The van der Waals surface area contributed by atoms with Crippen molar-refractivity contribution in [3.8, 4) is 11.8 Å². The Hall–Kier alpha value is -2.02. The number of nitriles is 1. The fourth-order valence-corrected chi connectivity index (χ4v) is 2.33. The highest BCUT2D eigenvalue weighted by Gasteiger charge is 2.17. The van der Waals surface area contributed by atoms with Crippen LogP contribution in [0.2, 0.25) is 0 Å². The minimum Gasteiger partial charge on any atom is -0.508 e. The molecule has 0 aliphatic heterocycles. The molecule has 3 nitrogen and oxygen atoms in total. The summed E-state index contributed by atoms with van der Waals surface area (Å²) in [5.74, 6) is 0.408. The van der Waals surface area contributed by atoms with Crippen molar-refractivity contribution in [2.45, 2.75) is 25.3 Å². The number of halogens is 1. The van der Waals surface area contributed by atoms with Crippen LogP contribution in [0.25, 0.3) is 0 Å². The second-order valence-corrected chi connectivity index (χ2v) is 5.07. The Morgan fingerprint density at radius 1 is 1.19 bits per heavy atom. The van der Waals surface area contributed by atoms with Gasteiger partial charge in [-0.3, -0.25) is 0 Å². The predicted molar refractivity (Wildman–Crippen MR) is 86.6 cm³/mol. The number of hydrogen-bond acceptors (Lipinski definition) is 3. The second-order valence-electron chi connectivity index (χ2n) is 5.07. The molecule has 0 spiro atoms. The monoisotopic (exact) mass is 302 g/mol. The van der Waals surface area contributed by atoms with Crippen molar-refractivity contribution in [3.63, 3.8) is 0 Å². The lowest BCUT2D eigenvalue weighted by molar-refractivity contribution is 0.474. The van der Waals surface area contributed by atoms with Gasteiger partial charge in [0.2, 0.25) is 0 Å². The average Bonchev–Trinajstić information content (AvgIpc) is 2.46. The smallest absolute Gasteiger partial charge is 0.115 e. The van der Waals surface area contributed by atoms with Crippen LogP contribution >= 0.6 is 12.4 Å². The first-order valence-corrected chi connectivity index (χ1v) is 6.63. The Morgan fingerprint density at radius 2 is 1.86 bits per heavy atom. The third-order valence-electron chi connectivity index (χ3n) is 3.47. The van der Waals surface area contributed by atoms with Gasteiger partial charge in [0.25, 0.3) is 0 Å². The van der Waals surface area contributed by atoms with E-state index in [2.05, 4.69) is 6.07 Å². The van der Waals surface area contributed by atoms with Gasteiger partial charge in [-0.1, -0.05) is 24.3 Å². The Bertz CT molecular complexity index is 617. The molecule has 0 unspecified atom stereocenters. The van der Waals surface area contributed by atoms with Crippen molar-refractivity contribution in [1.29, 1.82) is 5.26 Å². The summed E-state index contributed by atoms with van der Waals surface area (Å²) < 4.78 is 0. The van der Waals surface area contributed by atoms with Crippen LogP contribution < -0.4 is 5.73 Å². The molecule has 2 rings (SSSR count). The summed E-state index contributed by atoms with van der Waals surface area (Å²) >= 11 is 0. The molecule has 2 aromatic carbocycles. The number of nitrogens with zero attached hydrogens (tertiary/aromatic N) is 1. The number of hydrogen-bond donors (Lipinski definition) is 2. The number of phenols is 1. The second kappa shape index (κ2) is 7.68. The Morgan fingerprint density at radius 3 is 2.43 bits per heavy atom. The minimum atomic E-state index is -0.0160. The lowest BCUT2D eigenvalue weighted by Crippen LogP contribution is -2.26. The summed E-state index contributed by atoms with van der Waals surface area (Å²) in [7, 11) is 0. The zero-order valence-corrected chi connectivity index (χ0v) is 12.7. The quantitative estimate of drug-likeness (QED) is 0.910. The van der Waals surface area contributed by atoms with Crippen LogP contribution in [-0.2, 0) is 6.42 Å². The van der Waals surface area contributed by atoms with Gasteiger partial charge in [-0.2, -0.15) is 5.26 Å². The molecule has 110 valence electrons. The largest absolute Gasteiger partial charge is 0.508 e. The molecular weight excluding hydrogens is 284 g/mol. The van der Waals surface area contributed by atoms with Gasteiger partial charge in [0.1, 0.15) is 5.75 Å². The van der Waals surface area contributed by atoms with Crippen LogP contribution in [0.1, 0.15) is 29.5 Å². The lowest BCUT2D eigenvalue weighted by atomic mass is 9.86. The minimum absolute atomic E-state index is 0. The van der Waals surface area contributed by atoms with Crippen LogP contribution in [0.15, 0.2) is 48.5 Å². The highest BCUT2D eigenvalue weighted by atomic mass is 35.5. The molecule has 0 saturated carbocycles. The molecule has 0 heterocycles. The van der Waals surface area contributed by atoms with E-state index in [1.165, 1.54) is 0 Å². The normalized spacial score (nSPS) is 12.8. The number of aromatic hydroxyl groups is 1. The summed E-state index contributed by atoms with van der Waals surface area (Å²) in [4.78, 5) is 0. The lowest BCUT2D eigenvalue weighted by Gasteiger charge is -2.21. The van der Waals surface area contributed by atoms with E-state index in [9.17, 15) is 5.11 Å². The standard InChI is InChI=1S/C17H18N2O.ClH/c1-12(19)17(10-13-5-7-16(20)8-6-13)15-4-2-3-14(9-15)11-18;/h2-9,12,17,20H,10,19H2,1H3;1H/t12-,17+;/m0./s1. The van der Waals surface area contributed by atoms with E-state index in [1.807, 2.05) is 37.3 Å². The van der Waals surface area contributed by atoms with Crippen molar-refractivity contribution in [1.82, 2.24) is 0 Å². The first-order chi connectivity index (χ1) is 9.60. The van der Waals surface area contributed by atoms with Crippen LogP contribution in [0.3, 0.4) is 0 Å². The van der Waals surface area contributed by atoms with Crippen LogP contribution in [-0.4, -0.2) is 11.1 Å². The van der Waals surface area contributed by atoms with Crippen LogP contribution in [0.4, 0.5) is 0 Å². The van der Waals surface area contributed by atoms with Crippen molar-refractivity contribution in [3.05, 3.63) is 65.2 Å². The number of nitrogens with two attached hydrogens (primary N) is 1. The number of rotatable bonds is 4. The third kappa shape index (κ3) is 4.49. The molecule has 0 amide bonds. The summed E-state index contributed by atoms with van der Waals surface area (Å²) in [6.07, 6.45) is 0.785. The molecule has 3 N–H and O–H groups in total. The fraction of sp³-hybridized carbons (Fsp3) is 0.235. The fourth-order valence-electron chi connectivity index (χ4n) is 2.33. The average molecular weight is 303 g/mol. The summed E-state index contributed by atoms with van der Waals surface area (Å²) in [6.45, 7) is 1.98. The van der Waals surface area contributed by atoms with E-state index < -0.39 is 0 Å². The highest BCUT2D eigenvalue weighted by molar-refractivity contribution is 5.85. The van der Waals surface area contributed by atoms with E-state index in [1.54, 1.807) is 18.2 Å². The van der Waals surface area contributed by atoms with E-state index >= 15 is 0 Å². The van der Waals surface area contributed by atoms with Crippen molar-refractivity contribution >= 4 is 12.4 Å². The number of phenolic OH excluding ortho intramolecular Hbond substituents is 1. The summed E-state index contributed by atoms with van der Waals surface area (Å²) in [6, 6.07) is 16.9. The third-order valence-corrected chi connectivity index (χ3v) is 3.47. The van der Waals surface area contributed by atoms with Crippen molar-refractivity contribution < 1.29 is 5.11 Å². The molecular formula is C17H19ClN2O. The molecule has 0 aromatic heterocycles. The van der Waals surface area contributed by atoms with Gasteiger partial charge in [0, 0.05) is 12.0 Å². The van der Waals surface area contributed by atoms with Gasteiger partial charge in [-0.05, 0) is 48.7 Å². The van der Waals surface area contributed by atoms with Crippen molar-refractivity contribution in [2.24, 2.45) is 5.73 Å². The van der Waals surface area contributed by atoms with Gasteiger partial charge in [-0.15, -0.1) is 12.4 Å². The maximum Gasteiger partial charge on any atom is 0.115 e. The first kappa shape index (κ1) is 17.0. The molecule has 0 aliphatic carbocycles. The zero-order chi connectivity index (χ0) is 14.5. The van der Waals surface area contributed by atoms with Crippen LogP contribution in [0.5, 0.6) is 5.75 Å². The van der Waals surface area contributed by atoms with Gasteiger partial charge >= 0.3 is 0 Å². The Balaban J connectivity index is 0.00000220. The maximum absolute atomic E-state index is 9.32. The van der Waals surface area contributed by atoms with E-state index in [4.69, 9.17) is 11.0 Å². The van der Waals surface area contributed by atoms with Crippen molar-refractivity contribution in [2.75, 3.05) is 0 Å². The summed E-state index contributed by atoms with van der Waals surface area (Å²) in [5.41, 5.74) is 8.95. The zero-order valence-electron chi connectivity index (χ0n) is 11.9. The van der Waals surface area contributed by atoms with Crippen LogP contribution in [0, 0.1) is 11.3 Å². The van der Waals surface area contributed by atoms with E-state index in [-0.39, 0.29) is 30.1 Å². The Labute approximate surface area is 131 Å². The van der Waals surface area contributed by atoms with Gasteiger partial charge in [-0.25, -0.2) is 0 Å². The molecule has 2 aromatic rings. The molecule has 0 fully saturated rings. The van der Waals surface area contributed by atoms with Gasteiger partial charge in [0.05, 0.1) is 11.6 Å². The first-order valence-electron chi connectivity index (χ1n) is 6.63. The molecule has 2 atom stereocenters. The summed E-state index contributed by atoms with van der Waals surface area (Å²) in [5, 5.41) is 18.3. The molecule has 0 saturated heterocycles. The number of benzene rings is 2. The molecule has 4 heteroatoms. The van der Waals surface area contributed by atoms with Gasteiger partial charge < -0.3 is 10.8 Å². The topological polar surface area (TPSA) is 70.0 Å². The molecule has 0 aliphatic rings. The maximum atomic E-state index is 9.32. The van der Waals surface area contributed by atoms with E-state index in [0.29, 0.717) is 5.56 Å². The Kier molecular flexibility index (Phi) is 6.23. The highest BCUT2D eigenvalue weighted by Crippen LogP contribution is 2.25. The van der Waals surface area contributed by atoms with Gasteiger partial charge in [0.15, 0.2) is 0 Å². The SMILES string of the molecule is C[C@H](N)[C@@H](Cc1ccc(O)cc1)c1cccc(C#N)c1.Cl. The predicted octanol–water partition coefficient (Wildman–Crippen LogP) is 3.36. The molecule has 0 bridgehead atoms.